The Morgan fingerprint density at radius 3 is 3.07 bits per heavy atom. The molecule has 1 amide bonds. The molecule has 5 nitrogen and oxygen atoms in total. The van der Waals surface area contributed by atoms with Crippen LogP contribution in [0.2, 0.25) is 0 Å². The molecule has 0 fully saturated rings. The number of hydrogen-bond acceptors (Lipinski definition) is 3. The Morgan fingerprint density at radius 2 is 2.50 bits per heavy atom. The van der Waals surface area contributed by atoms with Crippen LogP contribution in [-0.4, -0.2) is 16.0 Å². The third kappa shape index (κ3) is 1.66. The first kappa shape index (κ1) is 8.55. The first-order chi connectivity index (χ1) is 6.75. The number of nitrogens with zero attached hydrogens (tertiary/aromatic N) is 1. The fourth-order valence-electron chi connectivity index (χ4n) is 1.08. The van der Waals surface area contributed by atoms with E-state index in [-0.39, 0.29) is 5.91 Å². The van der Waals surface area contributed by atoms with Gasteiger partial charge in [0.25, 0.3) is 5.91 Å². The summed E-state index contributed by atoms with van der Waals surface area (Å²) in [6, 6.07) is 3.34. The number of rotatable bonds is 2. The van der Waals surface area contributed by atoms with Gasteiger partial charge in [0.15, 0.2) is 5.82 Å². The van der Waals surface area contributed by atoms with E-state index in [0.29, 0.717) is 17.1 Å². The molecule has 2 aromatic heterocycles. The van der Waals surface area contributed by atoms with Gasteiger partial charge in [0.1, 0.15) is 5.76 Å². The van der Waals surface area contributed by atoms with Crippen molar-refractivity contribution >= 4 is 11.7 Å². The SMILES string of the molecule is Cc1cc(NC(=O)c2cc[nH]c2)no1. The quantitative estimate of drug-likeness (QED) is 0.756. The second-order valence-corrected chi connectivity index (χ2v) is 2.88. The van der Waals surface area contributed by atoms with E-state index in [1.165, 1.54) is 0 Å². The minimum Gasteiger partial charge on any atom is -0.367 e. The lowest BCUT2D eigenvalue weighted by molar-refractivity contribution is 0.102. The Bertz CT molecular complexity index is 431. The Morgan fingerprint density at radius 1 is 1.64 bits per heavy atom. The van der Waals surface area contributed by atoms with Gasteiger partial charge in [0.2, 0.25) is 0 Å². The largest absolute Gasteiger partial charge is 0.367 e. The lowest BCUT2D eigenvalue weighted by Gasteiger charge is -1.96. The zero-order chi connectivity index (χ0) is 9.97. The molecule has 14 heavy (non-hydrogen) atoms. The van der Waals surface area contributed by atoms with E-state index < -0.39 is 0 Å². The van der Waals surface area contributed by atoms with Crippen molar-refractivity contribution in [1.82, 2.24) is 10.1 Å². The maximum absolute atomic E-state index is 11.5. The summed E-state index contributed by atoms with van der Waals surface area (Å²) >= 11 is 0. The minimum atomic E-state index is -0.209. The maximum atomic E-state index is 11.5. The topological polar surface area (TPSA) is 70.9 Å². The standard InChI is InChI=1S/C9H9N3O2/c1-6-4-8(12-14-6)11-9(13)7-2-3-10-5-7/h2-5,10H,1H3,(H,11,12,13). The molecule has 0 bridgehead atoms. The number of hydrogen-bond donors (Lipinski definition) is 2. The van der Waals surface area contributed by atoms with Crippen LogP contribution in [0.3, 0.4) is 0 Å². The number of carbonyl (C=O) groups is 1. The molecular weight excluding hydrogens is 182 g/mol. The lowest BCUT2D eigenvalue weighted by Crippen LogP contribution is -2.10. The summed E-state index contributed by atoms with van der Waals surface area (Å²) in [5.74, 6) is 0.877. The minimum absolute atomic E-state index is 0.209. The third-order valence-electron chi connectivity index (χ3n) is 1.73. The van der Waals surface area contributed by atoms with Gasteiger partial charge in [0.05, 0.1) is 5.56 Å². The van der Waals surface area contributed by atoms with Crippen molar-refractivity contribution in [3.63, 3.8) is 0 Å². The fraction of sp³-hybridized carbons (Fsp3) is 0.111. The number of carbonyl (C=O) groups excluding carboxylic acids is 1. The number of H-pyrrole nitrogens is 1. The summed E-state index contributed by atoms with van der Waals surface area (Å²) < 4.78 is 4.81. The molecule has 0 saturated heterocycles. The van der Waals surface area contributed by atoms with Crippen LogP contribution in [0.4, 0.5) is 5.82 Å². The van der Waals surface area contributed by atoms with Crippen molar-refractivity contribution in [2.24, 2.45) is 0 Å². The molecule has 2 aromatic rings. The summed E-state index contributed by atoms with van der Waals surface area (Å²) in [6.07, 6.45) is 3.30. The van der Waals surface area contributed by atoms with E-state index in [1.54, 1.807) is 31.5 Å². The number of aromatic amines is 1. The van der Waals surface area contributed by atoms with Crippen molar-refractivity contribution in [3.05, 3.63) is 35.9 Å². The highest BCUT2D eigenvalue weighted by atomic mass is 16.5. The summed E-state index contributed by atoms with van der Waals surface area (Å²) in [5.41, 5.74) is 0.561. The molecule has 5 heteroatoms. The molecule has 2 rings (SSSR count). The van der Waals surface area contributed by atoms with Crippen molar-refractivity contribution < 1.29 is 9.32 Å². The molecule has 0 atom stereocenters. The number of nitrogens with one attached hydrogen (secondary N) is 2. The second kappa shape index (κ2) is 3.37. The van der Waals surface area contributed by atoms with Crippen LogP contribution in [0, 0.1) is 6.92 Å². The fourth-order valence-corrected chi connectivity index (χ4v) is 1.08. The molecule has 0 radical (unpaired) electrons. The van der Waals surface area contributed by atoms with Gasteiger partial charge >= 0.3 is 0 Å². The molecular formula is C9H9N3O2. The smallest absolute Gasteiger partial charge is 0.258 e. The van der Waals surface area contributed by atoms with Crippen LogP contribution < -0.4 is 5.32 Å². The summed E-state index contributed by atoms with van der Waals surface area (Å²) in [7, 11) is 0. The van der Waals surface area contributed by atoms with Crippen LogP contribution in [0.15, 0.2) is 29.0 Å². The van der Waals surface area contributed by atoms with Crippen molar-refractivity contribution in [1.29, 1.82) is 0 Å². The van der Waals surface area contributed by atoms with E-state index in [0.717, 1.165) is 0 Å². The van der Waals surface area contributed by atoms with Gasteiger partial charge in [0, 0.05) is 18.5 Å². The van der Waals surface area contributed by atoms with Crippen molar-refractivity contribution in [2.45, 2.75) is 6.92 Å². The molecule has 0 saturated carbocycles. The van der Waals surface area contributed by atoms with Gasteiger partial charge in [-0.3, -0.25) is 4.79 Å². The van der Waals surface area contributed by atoms with E-state index in [2.05, 4.69) is 15.5 Å². The predicted octanol–water partition coefficient (Wildman–Crippen LogP) is 1.56. The summed E-state index contributed by atoms with van der Waals surface area (Å²) in [4.78, 5) is 14.3. The molecule has 0 aliphatic carbocycles. The molecule has 72 valence electrons. The molecule has 0 aliphatic rings. The van der Waals surface area contributed by atoms with E-state index in [9.17, 15) is 4.79 Å². The van der Waals surface area contributed by atoms with Crippen LogP contribution in [-0.2, 0) is 0 Å². The monoisotopic (exact) mass is 191 g/mol. The van der Waals surface area contributed by atoms with Crippen LogP contribution in [0.5, 0.6) is 0 Å². The highest BCUT2D eigenvalue weighted by Gasteiger charge is 2.08. The van der Waals surface area contributed by atoms with Gasteiger partial charge in [-0.1, -0.05) is 5.16 Å². The molecule has 0 spiro atoms. The normalized spacial score (nSPS) is 10.1. The van der Waals surface area contributed by atoms with Crippen molar-refractivity contribution in [3.8, 4) is 0 Å². The third-order valence-corrected chi connectivity index (χ3v) is 1.73. The number of anilines is 1. The molecule has 0 aromatic carbocycles. The highest BCUT2D eigenvalue weighted by Crippen LogP contribution is 2.08. The molecule has 0 aliphatic heterocycles. The van der Waals surface area contributed by atoms with Crippen LogP contribution in [0.1, 0.15) is 16.1 Å². The van der Waals surface area contributed by atoms with Crippen molar-refractivity contribution in [2.75, 3.05) is 5.32 Å². The zero-order valence-corrected chi connectivity index (χ0v) is 7.57. The van der Waals surface area contributed by atoms with Gasteiger partial charge in [-0.05, 0) is 13.0 Å². The van der Waals surface area contributed by atoms with Gasteiger partial charge in [-0.15, -0.1) is 0 Å². The predicted molar refractivity (Wildman–Crippen MR) is 50.0 cm³/mol. The molecule has 2 N–H and O–H groups in total. The van der Waals surface area contributed by atoms with Gasteiger partial charge in [-0.2, -0.15) is 0 Å². The first-order valence-electron chi connectivity index (χ1n) is 4.13. The average molecular weight is 191 g/mol. The maximum Gasteiger partial charge on any atom is 0.258 e. The average Bonchev–Trinajstić information content (AvgIpc) is 2.75. The lowest BCUT2D eigenvalue weighted by atomic mass is 10.3. The number of amides is 1. The molecule has 2 heterocycles. The van der Waals surface area contributed by atoms with E-state index >= 15 is 0 Å². The van der Waals surface area contributed by atoms with Crippen LogP contribution in [0.25, 0.3) is 0 Å². The Hall–Kier alpha value is -2.04. The summed E-state index contributed by atoms with van der Waals surface area (Å²) in [5, 5.41) is 6.25. The first-order valence-corrected chi connectivity index (χ1v) is 4.13. The number of aromatic nitrogens is 2. The Labute approximate surface area is 80.1 Å². The highest BCUT2D eigenvalue weighted by molar-refractivity contribution is 6.03. The Kier molecular flexibility index (Phi) is 2.06. The van der Waals surface area contributed by atoms with Gasteiger partial charge in [-0.25, -0.2) is 0 Å². The van der Waals surface area contributed by atoms with Crippen LogP contribution >= 0.6 is 0 Å². The zero-order valence-electron chi connectivity index (χ0n) is 7.57. The van der Waals surface area contributed by atoms with Gasteiger partial charge < -0.3 is 14.8 Å². The molecule has 0 unspecified atom stereocenters. The second-order valence-electron chi connectivity index (χ2n) is 2.88. The van der Waals surface area contributed by atoms with E-state index in [4.69, 9.17) is 4.52 Å². The van der Waals surface area contributed by atoms with E-state index in [1.807, 2.05) is 0 Å². The summed E-state index contributed by atoms with van der Waals surface area (Å²) in [6.45, 7) is 1.76. The number of aryl methyl sites for hydroxylation is 1. The Balaban J connectivity index is 2.09.